The highest BCUT2D eigenvalue weighted by atomic mass is 15.0. The largest absolute Gasteiger partial charge is 0.381 e. The zero-order valence-corrected chi connectivity index (χ0v) is 16.7. The first-order valence-electron chi connectivity index (χ1n) is 10.0. The van der Waals surface area contributed by atoms with Gasteiger partial charge in [0.15, 0.2) is 0 Å². The van der Waals surface area contributed by atoms with E-state index in [-0.39, 0.29) is 0 Å². The molecule has 0 spiro atoms. The van der Waals surface area contributed by atoms with E-state index in [1.54, 1.807) is 0 Å². The van der Waals surface area contributed by atoms with Crippen LogP contribution in [-0.4, -0.2) is 4.57 Å². The summed E-state index contributed by atoms with van der Waals surface area (Å²) in [5.74, 6) is 0. The molecular weight excluding hydrogens is 380 g/mol. The maximum atomic E-state index is 9.14. The third kappa shape index (κ3) is 3.59. The fourth-order valence-electron chi connectivity index (χ4n) is 3.84. The zero-order valence-electron chi connectivity index (χ0n) is 16.7. The molecule has 0 atom stereocenters. The Balaban J connectivity index is 1.41. The van der Waals surface area contributed by atoms with Gasteiger partial charge >= 0.3 is 0 Å². The average Bonchev–Trinajstić information content (AvgIpc) is 3.25. The number of benzene rings is 4. The van der Waals surface area contributed by atoms with Crippen molar-refractivity contribution in [1.29, 1.82) is 10.5 Å². The quantitative estimate of drug-likeness (QED) is 0.395. The fraction of sp³-hybridized carbons (Fsp3) is 0.0370. The third-order valence-electron chi connectivity index (χ3n) is 5.50. The number of fused-ring (bicyclic) bond motifs is 2. The molecule has 0 saturated heterocycles. The van der Waals surface area contributed by atoms with Crippen LogP contribution in [0.5, 0.6) is 0 Å². The van der Waals surface area contributed by atoms with E-state index in [1.807, 2.05) is 48.7 Å². The minimum absolute atomic E-state index is 0.653. The summed E-state index contributed by atoms with van der Waals surface area (Å²) in [6, 6.07) is 32.5. The number of hydrogen-bond donors (Lipinski definition) is 1. The Morgan fingerprint density at radius 3 is 2.23 bits per heavy atom. The lowest BCUT2D eigenvalue weighted by Crippen LogP contribution is -2.00. The second-order valence-electron chi connectivity index (χ2n) is 7.48. The van der Waals surface area contributed by atoms with E-state index in [9.17, 15) is 0 Å². The van der Waals surface area contributed by atoms with Gasteiger partial charge in [-0.25, -0.2) is 0 Å². The van der Waals surface area contributed by atoms with Crippen molar-refractivity contribution < 1.29 is 0 Å². The molecule has 0 aliphatic heterocycles. The van der Waals surface area contributed by atoms with Crippen molar-refractivity contribution in [2.75, 3.05) is 5.32 Å². The van der Waals surface area contributed by atoms with E-state index in [4.69, 9.17) is 10.5 Å². The van der Waals surface area contributed by atoms with Crippen LogP contribution in [-0.2, 0) is 6.54 Å². The molecule has 0 bridgehead atoms. The molecule has 0 unspecified atom stereocenters. The standard InChI is InChI=1S/C27H18N4/c28-16-19-3-9-26(10-4-19)31-12-11-23-7-8-25(15-27(23)31)30-18-21-2-6-22-5-1-20(17-29)13-24(22)14-21/h1-15,30H,18H2. The van der Waals surface area contributed by atoms with E-state index in [0.29, 0.717) is 17.7 Å². The minimum atomic E-state index is 0.653. The molecule has 0 aliphatic rings. The molecule has 4 nitrogen and oxygen atoms in total. The Kier molecular flexibility index (Phi) is 4.60. The lowest BCUT2D eigenvalue weighted by atomic mass is 10.0. The van der Waals surface area contributed by atoms with Crippen molar-refractivity contribution in [3.63, 3.8) is 0 Å². The maximum Gasteiger partial charge on any atom is 0.0991 e. The van der Waals surface area contributed by atoms with Gasteiger partial charge in [0.25, 0.3) is 0 Å². The van der Waals surface area contributed by atoms with Crippen LogP contribution in [0.2, 0.25) is 0 Å². The predicted octanol–water partition coefficient (Wildman–Crippen LogP) is 6.14. The second kappa shape index (κ2) is 7.71. The van der Waals surface area contributed by atoms with Gasteiger partial charge in [-0.3, -0.25) is 0 Å². The van der Waals surface area contributed by atoms with Crippen molar-refractivity contribution in [3.05, 3.63) is 108 Å². The summed E-state index contributed by atoms with van der Waals surface area (Å²) < 4.78 is 2.13. The van der Waals surface area contributed by atoms with Gasteiger partial charge in [0.05, 0.1) is 28.8 Å². The molecule has 5 aromatic rings. The van der Waals surface area contributed by atoms with Crippen LogP contribution < -0.4 is 5.32 Å². The highest BCUT2D eigenvalue weighted by Crippen LogP contribution is 2.25. The molecule has 0 amide bonds. The molecule has 0 saturated carbocycles. The summed E-state index contributed by atoms with van der Waals surface area (Å²) >= 11 is 0. The Morgan fingerprint density at radius 1 is 0.677 bits per heavy atom. The van der Waals surface area contributed by atoms with E-state index < -0.39 is 0 Å². The molecule has 1 N–H and O–H groups in total. The fourth-order valence-corrected chi connectivity index (χ4v) is 3.84. The van der Waals surface area contributed by atoms with Gasteiger partial charge in [0, 0.05) is 29.5 Å². The SMILES string of the molecule is N#Cc1ccc(-n2ccc3ccc(NCc4ccc5ccc(C#N)cc5c4)cc32)cc1. The van der Waals surface area contributed by atoms with Gasteiger partial charge in [-0.15, -0.1) is 0 Å². The smallest absolute Gasteiger partial charge is 0.0991 e. The Morgan fingerprint density at radius 2 is 1.42 bits per heavy atom. The summed E-state index contributed by atoms with van der Waals surface area (Å²) in [6.45, 7) is 0.690. The van der Waals surface area contributed by atoms with E-state index in [2.05, 4.69) is 64.5 Å². The van der Waals surface area contributed by atoms with Crippen LogP contribution in [0.3, 0.4) is 0 Å². The molecule has 0 aliphatic carbocycles. The van der Waals surface area contributed by atoms with Gasteiger partial charge in [0.2, 0.25) is 0 Å². The van der Waals surface area contributed by atoms with E-state index >= 15 is 0 Å². The van der Waals surface area contributed by atoms with Crippen LogP contribution in [0.1, 0.15) is 16.7 Å². The number of hydrogen-bond acceptors (Lipinski definition) is 3. The molecule has 1 heterocycles. The minimum Gasteiger partial charge on any atom is -0.381 e. The zero-order chi connectivity index (χ0) is 21.2. The molecule has 4 heteroatoms. The summed E-state index contributed by atoms with van der Waals surface area (Å²) in [6.07, 6.45) is 2.05. The number of anilines is 1. The first kappa shape index (κ1) is 18.5. The van der Waals surface area contributed by atoms with Crippen molar-refractivity contribution >= 4 is 27.4 Å². The maximum absolute atomic E-state index is 9.14. The number of nitriles is 2. The first-order chi connectivity index (χ1) is 15.2. The van der Waals surface area contributed by atoms with Crippen molar-refractivity contribution in [3.8, 4) is 17.8 Å². The molecular formula is C27H18N4. The van der Waals surface area contributed by atoms with Crippen molar-refractivity contribution in [1.82, 2.24) is 4.57 Å². The molecule has 1 aromatic heterocycles. The van der Waals surface area contributed by atoms with E-state index in [1.165, 1.54) is 0 Å². The number of rotatable bonds is 4. The number of nitrogens with zero attached hydrogens (tertiary/aromatic N) is 3. The number of nitrogens with one attached hydrogen (secondary N) is 1. The lowest BCUT2D eigenvalue weighted by molar-refractivity contribution is 1.12. The first-order valence-corrected chi connectivity index (χ1v) is 10.0. The lowest BCUT2D eigenvalue weighted by Gasteiger charge is -2.10. The average molecular weight is 398 g/mol. The van der Waals surface area contributed by atoms with Crippen LogP contribution in [0.15, 0.2) is 91.1 Å². The molecule has 4 aromatic carbocycles. The van der Waals surface area contributed by atoms with Crippen LogP contribution in [0.4, 0.5) is 5.69 Å². The van der Waals surface area contributed by atoms with Crippen LogP contribution >= 0.6 is 0 Å². The normalized spacial score (nSPS) is 10.6. The molecule has 5 rings (SSSR count). The highest BCUT2D eigenvalue weighted by molar-refractivity contribution is 5.86. The summed E-state index contributed by atoms with van der Waals surface area (Å²) in [4.78, 5) is 0. The van der Waals surface area contributed by atoms with Gasteiger partial charge in [-0.05, 0) is 77.0 Å². The Labute approximate surface area is 180 Å². The van der Waals surface area contributed by atoms with Crippen LogP contribution in [0, 0.1) is 22.7 Å². The highest BCUT2D eigenvalue weighted by Gasteiger charge is 2.06. The van der Waals surface area contributed by atoms with Gasteiger partial charge in [-0.2, -0.15) is 10.5 Å². The number of aromatic nitrogens is 1. The Bertz CT molecular complexity index is 1500. The summed E-state index contributed by atoms with van der Waals surface area (Å²) in [5.41, 5.74) is 5.64. The van der Waals surface area contributed by atoms with Gasteiger partial charge < -0.3 is 9.88 Å². The molecule has 0 fully saturated rings. The Hall–Kier alpha value is -4.54. The third-order valence-corrected chi connectivity index (χ3v) is 5.50. The van der Waals surface area contributed by atoms with Gasteiger partial charge in [-0.1, -0.05) is 24.3 Å². The summed E-state index contributed by atoms with van der Waals surface area (Å²) in [5, 5.41) is 25.0. The van der Waals surface area contributed by atoms with E-state index in [0.717, 1.165) is 38.6 Å². The van der Waals surface area contributed by atoms with Crippen LogP contribution in [0.25, 0.3) is 27.4 Å². The topological polar surface area (TPSA) is 64.5 Å². The van der Waals surface area contributed by atoms with Crippen molar-refractivity contribution in [2.24, 2.45) is 0 Å². The predicted molar refractivity (Wildman–Crippen MR) is 124 cm³/mol. The molecule has 0 radical (unpaired) electrons. The molecule has 146 valence electrons. The monoisotopic (exact) mass is 398 g/mol. The summed E-state index contributed by atoms with van der Waals surface area (Å²) in [7, 11) is 0. The second-order valence-corrected chi connectivity index (χ2v) is 7.48. The van der Waals surface area contributed by atoms with Gasteiger partial charge in [0.1, 0.15) is 0 Å². The van der Waals surface area contributed by atoms with Crippen molar-refractivity contribution in [2.45, 2.75) is 6.54 Å². The molecule has 31 heavy (non-hydrogen) atoms.